The quantitative estimate of drug-likeness (QED) is 0.541. The van der Waals surface area contributed by atoms with Crippen molar-refractivity contribution in [3.8, 4) is 0 Å². The van der Waals surface area contributed by atoms with E-state index in [1.54, 1.807) is 4.57 Å². The topological polar surface area (TPSA) is 58.3 Å². The summed E-state index contributed by atoms with van der Waals surface area (Å²) in [5.41, 5.74) is 1.84. The molecule has 0 N–H and O–H groups in total. The molecule has 0 amide bonds. The van der Waals surface area contributed by atoms with Gasteiger partial charge in [0.15, 0.2) is 10.8 Å². The molecule has 138 valence electrons. The molecule has 1 atom stereocenters. The molecular weight excluding hydrogens is 398 g/mol. The standard InChI is InChI=1S/C19H22BrN3O3/c1-19(2,3)26-18(24)22-13-9-5-4-8-12(13)15-16(22)17(20)21-23(15)14-10-6-7-11-25-14/h4-5,8-9,14H,6-7,10-11H2,1-3H3. The molecule has 1 aromatic carbocycles. The third kappa shape index (κ3) is 2.93. The number of rotatable bonds is 1. The van der Waals surface area contributed by atoms with Crippen LogP contribution in [0.2, 0.25) is 0 Å². The smallest absolute Gasteiger partial charge is 0.419 e. The molecule has 3 aromatic rings. The number of halogens is 1. The van der Waals surface area contributed by atoms with Crippen molar-refractivity contribution < 1.29 is 14.3 Å². The monoisotopic (exact) mass is 419 g/mol. The first-order valence-corrected chi connectivity index (χ1v) is 9.68. The molecule has 26 heavy (non-hydrogen) atoms. The fourth-order valence-electron chi connectivity index (χ4n) is 3.46. The van der Waals surface area contributed by atoms with Crippen molar-refractivity contribution >= 4 is 44.0 Å². The van der Waals surface area contributed by atoms with Gasteiger partial charge in [0.1, 0.15) is 11.1 Å². The SMILES string of the molecule is CC(C)(C)OC(=O)n1c2ccccc2c2c1c(Br)nn2C1CCCCO1. The average molecular weight is 420 g/mol. The zero-order valence-corrected chi connectivity index (χ0v) is 16.7. The molecule has 1 fully saturated rings. The number of carbonyl (C=O) groups excluding carboxylic acids is 1. The third-order valence-corrected chi connectivity index (χ3v) is 5.01. The Kier molecular flexibility index (Phi) is 4.31. The molecule has 1 aliphatic heterocycles. The highest BCUT2D eigenvalue weighted by atomic mass is 79.9. The summed E-state index contributed by atoms with van der Waals surface area (Å²) < 4.78 is 15.7. The first-order valence-electron chi connectivity index (χ1n) is 8.89. The van der Waals surface area contributed by atoms with Crippen LogP contribution in [-0.2, 0) is 9.47 Å². The molecule has 4 rings (SSSR count). The van der Waals surface area contributed by atoms with Crippen molar-refractivity contribution in [3.63, 3.8) is 0 Å². The Labute approximate surface area is 160 Å². The molecule has 7 heteroatoms. The second kappa shape index (κ2) is 6.39. The van der Waals surface area contributed by atoms with Crippen LogP contribution in [-0.4, -0.2) is 32.6 Å². The number of hydrogen-bond acceptors (Lipinski definition) is 4. The van der Waals surface area contributed by atoms with Gasteiger partial charge in [-0.1, -0.05) is 18.2 Å². The van der Waals surface area contributed by atoms with Crippen LogP contribution < -0.4 is 0 Å². The number of carbonyl (C=O) groups is 1. The number of para-hydroxylation sites is 1. The second-order valence-corrected chi connectivity index (χ2v) is 8.34. The van der Waals surface area contributed by atoms with E-state index in [0.29, 0.717) is 4.60 Å². The Morgan fingerprint density at radius 2 is 2.04 bits per heavy atom. The predicted octanol–water partition coefficient (Wildman–Crippen LogP) is 5.24. The fraction of sp³-hybridized carbons (Fsp3) is 0.474. The lowest BCUT2D eigenvalue weighted by Gasteiger charge is -2.23. The van der Waals surface area contributed by atoms with Crippen LogP contribution in [0.3, 0.4) is 0 Å². The van der Waals surface area contributed by atoms with Crippen LogP contribution in [0, 0.1) is 0 Å². The molecule has 2 aromatic heterocycles. The van der Waals surface area contributed by atoms with Gasteiger partial charge >= 0.3 is 6.09 Å². The Morgan fingerprint density at radius 1 is 1.27 bits per heavy atom. The highest BCUT2D eigenvalue weighted by molar-refractivity contribution is 9.10. The van der Waals surface area contributed by atoms with Crippen molar-refractivity contribution in [1.82, 2.24) is 14.3 Å². The van der Waals surface area contributed by atoms with E-state index in [2.05, 4.69) is 21.0 Å². The van der Waals surface area contributed by atoms with E-state index in [1.807, 2.05) is 49.7 Å². The first-order chi connectivity index (χ1) is 12.4. The van der Waals surface area contributed by atoms with E-state index in [-0.39, 0.29) is 6.23 Å². The summed E-state index contributed by atoms with van der Waals surface area (Å²) in [4.78, 5) is 12.9. The summed E-state index contributed by atoms with van der Waals surface area (Å²) in [5.74, 6) is 0. The minimum atomic E-state index is -0.580. The van der Waals surface area contributed by atoms with Crippen LogP contribution in [0.15, 0.2) is 28.9 Å². The van der Waals surface area contributed by atoms with E-state index in [1.165, 1.54) is 0 Å². The Bertz CT molecular complexity index is 977. The Balaban J connectivity index is 1.96. The number of aromatic nitrogens is 3. The van der Waals surface area contributed by atoms with E-state index >= 15 is 0 Å². The highest BCUT2D eigenvalue weighted by Gasteiger charge is 2.29. The zero-order chi connectivity index (χ0) is 18.5. The molecule has 1 unspecified atom stereocenters. The summed E-state index contributed by atoms with van der Waals surface area (Å²) in [6, 6.07) is 7.82. The van der Waals surface area contributed by atoms with Crippen molar-refractivity contribution in [2.45, 2.75) is 51.9 Å². The first kappa shape index (κ1) is 17.5. The molecule has 0 aliphatic carbocycles. The van der Waals surface area contributed by atoms with Crippen LogP contribution in [0.4, 0.5) is 4.79 Å². The van der Waals surface area contributed by atoms with Crippen molar-refractivity contribution in [2.75, 3.05) is 6.61 Å². The molecular formula is C19H22BrN3O3. The zero-order valence-electron chi connectivity index (χ0n) is 15.2. The minimum Gasteiger partial charge on any atom is -0.443 e. The summed E-state index contributed by atoms with van der Waals surface area (Å²) >= 11 is 3.55. The third-order valence-electron chi connectivity index (χ3n) is 4.47. The summed E-state index contributed by atoms with van der Waals surface area (Å²) in [7, 11) is 0. The van der Waals surface area contributed by atoms with Crippen LogP contribution in [0.25, 0.3) is 21.9 Å². The number of nitrogens with zero attached hydrogens (tertiary/aromatic N) is 3. The fourth-order valence-corrected chi connectivity index (χ4v) is 3.99. The Morgan fingerprint density at radius 3 is 2.73 bits per heavy atom. The molecule has 3 heterocycles. The van der Waals surface area contributed by atoms with Gasteiger partial charge in [-0.15, -0.1) is 0 Å². The number of hydrogen-bond donors (Lipinski definition) is 0. The Hall–Kier alpha value is -1.86. The minimum absolute atomic E-state index is 0.115. The van der Waals surface area contributed by atoms with Gasteiger partial charge in [0.05, 0.1) is 11.0 Å². The van der Waals surface area contributed by atoms with E-state index in [9.17, 15) is 4.79 Å². The summed E-state index contributed by atoms with van der Waals surface area (Å²) in [5, 5.41) is 5.60. The lowest BCUT2D eigenvalue weighted by molar-refractivity contribution is -0.0367. The largest absolute Gasteiger partial charge is 0.443 e. The number of fused-ring (bicyclic) bond motifs is 3. The van der Waals surface area contributed by atoms with Gasteiger partial charge in [-0.05, 0) is 62.0 Å². The van der Waals surface area contributed by atoms with Crippen molar-refractivity contribution in [3.05, 3.63) is 28.9 Å². The molecule has 1 saturated heterocycles. The normalized spacial score (nSPS) is 18.5. The van der Waals surface area contributed by atoms with Gasteiger partial charge in [0.2, 0.25) is 0 Å². The summed E-state index contributed by atoms with van der Waals surface area (Å²) in [6.45, 7) is 6.32. The number of benzene rings is 1. The van der Waals surface area contributed by atoms with Gasteiger partial charge in [0.25, 0.3) is 0 Å². The van der Waals surface area contributed by atoms with Gasteiger partial charge < -0.3 is 9.47 Å². The maximum Gasteiger partial charge on any atom is 0.419 e. The van der Waals surface area contributed by atoms with E-state index in [4.69, 9.17) is 9.47 Å². The van der Waals surface area contributed by atoms with E-state index < -0.39 is 11.7 Å². The van der Waals surface area contributed by atoms with Gasteiger partial charge in [0, 0.05) is 12.0 Å². The maximum absolute atomic E-state index is 12.9. The van der Waals surface area contributed by atoms with Crippen molar-refractivity contribution in [2.24, 2.45) is 0 Å². The van der Waals surface area contributed by atoms with Crippen LogP contribution in [0.1, 0.15) is 46.3 Å². The van der Waals surface area contributed by atoms with Crippen LogP contribution >= 0.6 is 15.9 Å². The van der Waals surface area contributed by atoms with Gasteiger partial charge in [-0.3, -0.25) is 0 Å². The molecule has 0 saturated carbocycles. The van der Waals surface area contributed by atoms with E-state index in [0.717, 1.165) is 47.8 Å². The highest BCUT2D eigenvalue weighted by Crippen LogP contribution is 2.37. The van der Waals surface area contributed by atoms with Crippen molar-refractivity contribution in [1.29, 1.82) is 0 Å². The maximum atomic E-state index is 12.9. The molecule has 0 radical (unpaired) electrons. The summed E-state index contributed by atoms with van der Waals surface area (Å²) in [6.07, 6.45) is 2.56. The number of ether oxygens (including phenoxy) is 2. The second-order valence-electron chi connectivity index (χ2n) is 7.59. The van der Waals surface area contributed by atoms with Crippen LogP contribution in [0.5, 0.6) is 0 Å². The predicted molar refractivity (Wildman–Crippen MR) is 103 cm³/mol. The lowest BCUT2D eigenvalue weighted by atomic mass is 10.2. The lowest BCUT2D eigenvalue weighted by Crippen LogP contribution is -2.27. The average Bonchev–Trinajstić information content (AvgIpc) is 3.10. The van der Waals surface area contributed by atoms with Gasteiger partial charge in [-0.25, -0.2) is 14.0 Å². The van der Waals surface area contributed by atoms with Gasteiger partial charge in [-0.2, -0.15) is 5.10 Å². The molecule has 0 bridgehead atoms. The molecule has 6 nitrogen and oxygen atoms in total. The molecule has 0 spiro atoms. The molecule has 1 aliphatic rings.